The number of benzene rings is 1. The third-order valence-electron chi connectivity index (χ3n) is 2.27. The molecule has 16 heavy (non-hydrogen) atoms. The van der Waals surface area contributed by atoms with Gasteiger partial charge in [0.25, 0.3) is 0 Å². The minimum atomic E-state index is -0.0337. The summed E-state index contributed by atoms with van der Waals surface area (Å²) in [4.78, 5) is 11.8. The number of rotatable bonds is 6. The van der Waals surface area contributed by atoms with Gasteiger partial charge < -0.3 is 14.6 Å². The summed E-state index contributed by atoms with van der Waals surface area (Å²) in [6, 6.07) is 5.07. The molecule has 1 N–H and O–H groups in total. The van der Waals surface area contributed by atoms with E-state index in [0.29, 0.717) is 29.9 Å². The molecule has 4 nitrogen and oxygen atoms in total. The van der Waals surface area contributed by atoms with Crippen LogP contribution in [0, 0.1) is 0 Å². The number of methoxy groups -OCH3 is 2. The Morgan fingerprint density at radius 2 is 2.06 bits per heavy atom. The highest BCUT2D eigenvalue weighted by molar-refractivity contribution is 5.98. The maximum atomic E-state index is 11.8. The Balaban J connectivity index is 2.90. The number of ether oxygens (including phenoxy) is 2. The molecule has 0 aliphatic heterocycles. The van der Waals surface area contributed by atoms with Crippen molar-refractivity contribution in [3.8, 4) is 11.5 Å². The third kappa shape index (κ3) is 2.97. The Labute approximate surface area is 94.8 Å². The molecule has 1 aromatic carbocycles. The van der Waals surface area contributed by atoms with Crippen molar-refractivity contribution in [2.45, 2.75) is 12.8 Å². The van der Waals surface area contributed by atoms with Crippen LogP contribution in [0.4, 0.5) is 0 Å². The van der Waals surface area contributed by atoms with E-state index < -0.39 is 0 Å². The first-order valence-electron chi connectivity index (χ1n) is 5.09. The molecule has 0 saturated carbocycles. The normalized spacial score (nSPS) is 9.94. The van der Waals surface area contributed by atoms with E-state index in [-0.39, 0.29) is 12.4 Å². The number of aliphatic hydroxyl groups is 1. The Morgan fingerprint density at radius 3 is 2.62 bits per heavy atom. The van der Waals surface area contributed by atoms with E-state index in [9.17, 15) is 4.79 Å². The zero-order chi connectivity index (χ0) is 12.0. The number of ketones is 1. The highest BCUT2D eigenvalue weighted by Gasteiger charge is 2.12. The molecule has 0 amide bonds. The van der Waals surface area contributed by atoms with Crippen molar-refractivity contribution in [1.82, 2.24) is 0 Å². The molecule has 0 aliphatic carbocycles. The van der Waals surface area contributed by atoms with E-state index in [4.69, 9.17) is 14.6 Å². The van der Waals surface area contributed by atoms with Gasteiger partial charge in [0, 0.05) is 19.1 Å². The van der Waals surface area contributed by atoms with E-state index in [1.807, 2.05) is 0 Å². The first-order valence-corrected chi connectivity index (χ1v) is 5.09. The maximum absolute atomic E-state index is 11.8. The first kappa shape index (κ1) is 12.5. The highest BCUT2D eigenvalue weighted by Crippen LogP contribution is 2.25. The standard InChI is InChI=1S/C12H16O4/c1-15-9-5-6-10(12(8-9)16-2)11(14)4-3-7-13/h5-6,8,13H,3-4,7H2,1-2H3. The van der Waals surface area contributed by atoms with E-state index in [0.717, 1.165) is 0 Å². The van der Waals surface area contributed by atoms with E-state index in [1.54, 1.807) is 25.3 Å². The van der Waals surface area contributed by atoms with Gasteiger partial charge in [0.2, 0.25) is 0 Å². The van der Waals surface area contributed by atoms with Gasteiger partial charge in [0.05, 0.1) is 19.8 Å². The summed E-state index contributed by atoms with van der Waals surface area (Å²) in [6.07, 6.45) is 0.785. The molecule has 0 unspecified atom stereocenters. The summed E-state index contributed by atoms with van der Waals surface area (Å²) >= 11 is 0. The maximum Gasteiger partial charge on any atom is 0.166 e. The van der Waals surface area contributed by atoms with E-state index >= 15 is 0 Å². The molecule has 0 fully saturated rings. The Hall–Kier alpha value is -1.55. The lowest BCUT2D eigenvalue weighted by Gasteiger charge is -2.09. The molecule has 0 spiro atoms. The first-order chi connectivity index (χ1) is 7.72. The van der Waals surface area contributed by atoms with Crippen LogP contribution in [0.3, 0.4) is 0 Å². The minimum Gasteiger partial charge on any atom is -0.497 e. The molecular formula is C12H16O4. The van der Waals surface area contributed by atoms with E-state index in [1.165, 1.54) is 7.11 Å². The number of aliphatic hydroxyl groups excluding tert-OH is 1. The van der Waals surface area contributed by atoms with Gasteiger partial charge in [0.1, 0.15) is 11.5 Å². The molecule has 0 heterocycles. The fourth-order valence-corrected chi connectivity index (χ4v) is 1.40. The molecule has 0 aromatic heterocycles. The Morgan fingerprint density at radius 1 is 1.31 bits per heavy atom. The second-order valence-corrected chi connectivity index (χ2v) is 3.32. The quantitative estimate of drug-likeness (QED) is 0.746. The SMILES string of the molecule is COc1ccc(C(=O)CCCO)c(OC)c1. The van der Waals surface area contributed by atoms with Gasteiger partial charge in [-0.25, -0.2) is 0 Å². The molecule has 1 aromatic rings. The van der Waals surface area contributed by atoms with Crippen molar-refractivity contribution in [3.63, 3.8) is 0 Å². The second-order valence-electron chi connectivity index (χ2n) is 3.32. The van der Waals surface area contributed by atoms with Crippen LogP contribution in [0.1, 0.15) is 23.2 Å². The lowest BCUT2D eigenvalue weighted by molar-refractivity contribution is 0.0968. The zero-order valence-electron chi connectivity index (χ0n) is 9.53. The lowest BCUT2D eigenvalue weighted by Crippen LogP contribution is -2.03. The summed E-state index contributed by atoms with van der Waals surface area (Å²) < 4.78 is 10.2. The third-order valence-corrected chi connectivity index (χ3v) is 2.27. The fraction of sp³-hybridized carbons (Fsp3) is 0.417. The van der Waals surface area contributed by atoms with Gasteiger partial charge in [-0.05, 0) is 18.6 Å². The summed E-state index contributed by atoms with van der Waals surface area (Å²) in [5, 5.41) is 8.67. The Kier molecular flexibility index (Phi) is 4.79. The molecule has 4 heteroatoms. The molecule has 1 rings (SSSR count). The van der Waals surface area contributed by atoms with Gasteiger partial charge in [-0.15, -0.1) is 0 Å². The van der Waals surface area contributed by atoms with Crippen LogP contribution in [-0.4, -0.2) is 31.7 Å². The summed E-state index contributed by atoms with van der Waals surface area (Å²) in [7, 11) is 3.07. The minimum absolute atomic E-state index is 0.0181. The van der Waals surface area contributed by atoms with Crippen molar-refractivity contribution in [2.24, 2.45) is 0 Å². The number of hydrogen-bond acceptors (Lipinski definition) is 4. The smallest absolute Gasteiger partial charge is 0.166 e. The van der Waals surface area contributed by atoms with Crippen LogP contribution in [0.5, 0.6) is 11.5 Å². The Bertz CT molecular complexity index is 360. The summed E-state index contributed by atoms with van der Waals surface area (Å²) in [5.41, 5.74) is 0.525. The van der Waals surface area contributed by atoms with Crippen LogP contribution in [0.25, 0.3) is 0 Å². The second kappa shape index (κ2) is 6.12. The lowest BCUT2D eigenvalue weighted by atomic mass is 10.1. The van der Waals surface area contributed by atoms with Crippen LogP contribution >= 0.6 is 0 Å². The highest BCUT2D eigenvalue weighted by atomic mass is 16.5. The number of Topliss-reactive ketones (excluding diaryl/α,β-unsaturated/α-hetero) is 1. The van der Waals surface area contributed by atoms with Crippen LogP contribution in [0.15, 0.2) is 18.2 Å². The molecule has 0 bridgehead atoms. The fourth-order valence-electron chi connectivity index (χ4n) is 1.40. The molecular weight excluding hydrogens is 208 g/mol. The predicted molar refractivity (Wildman–Crippen MR) is 60.2 cm³/mol. The van der Waals surface area contributed by atoms with Crippen molar-refractivity contribution >= 4 is 5.78 Å². The monoisotopic (exact) mass is 224 g/mol. The van der Waals surface area contributed by atoms with Gasteiger partial charge in [-0.1, -0.05) is 0 Å². The molecule has 0 saturated heterocycles. The summed E-state index contributed by atoms with van der Waals surface area (Å²) in [6.45, 7) is 0.0181. The largest absolute Gasteiger partial charge is 0.497 e. The molecule has 0 atom stereocenters. The van der Waals surface area contributed by atoms with Crippen molar-refractivity contribution in [2.75, 3.05) is 20.8 Å². The van der Waals surface area contributed by atoms with Crippen molar-refractivity contribution < 1.29 is 19.4 Å². The number of carbonyl (C=O) groups is 1. The van der Waals surface area contributed by atoms with Crippen LogP contribution in [0.2, 0.25) is 0 Å². The number of carbonyl (C=O) groups excluding carboxylic acids is 1. The van der Waals surface area contributed by atoms with Crippen molar-refractivity contribution in [3.05, 3.63) is 23.8 Å². The van der Waals surface area contributed by atoms with Gasteiger partial charge >= 0.3 is 0 Å². The topological polar surface area (TPSA) is 55.8 Å². The van der Waals surface area contributed by atoms with Gasteiger partial charge in [-0.2, -0.15) is 0 Å². The molecule has 0 aliphatic rings. The van der Waals surface area contributed by atoms with Gasteiger partial charge in [0.15, 0.2) is 5.78 Å². The number of hydrogen-bond donors (Lipinski definition) is 1. The molecule has 0 radical (unpaired) electrons. The molecule has 88 valence electrons. The van der Waals surface area contributed by atoms with E-state index in [2.05, 4.69) is 0 Å². The van der Waals surface area contributed by atoms with Gasteiger partial charge in [-0.3, -0.25) is 4.79 Å². The predicted octanol–water partition coefficient (Wildman–Crippen LogP) is 1.66. The average Bonchev–Trinajstić information content (AvgIpc) is 2.34. The zero-order valence-corrected chi connectivity index (χ0v) is 9.53. The van der Waals surface area contributed by atoms with Crippen LogP contribution in [-0.2, 0) is 0 Å². The summed E-state index contributed by atoms with van der Waals surface area (Å²) in [5.74, 6) is 1.12. The average molecular weight is 224 g/mol. The van der Waals surface area contributed by atoms with Crippen LogP contribution < -0.4 is 9.47 Å². The van der Waals surface area contributed by atoms with Crippen molar-refractivity contribution in [1.29, 1.82) is 0 Å².